The summed E-state index contributed by atoms with van der Waals surface area (Å²) >= 11 is 0. The minimum atomic E-state index is -0.960. The third kappa shape index (κ3) is 33.7. The van der Waals surface area contributed by atoms with Gasteiger partial charge >= 0.3 is 59.8 Å². The van der Waals surface area contributed by atoms with Crippen LogP contribution in [0.3, 0.4) is 0 Å². The maximum atomic E-state index is 12.3. The Morgan fingerprint density at radius 2 is 0.960 bits per heavy atom. The quantitative estimate of drug-likeness (QED) is 0.0579. The summed E-state index contributed by atoms with van der Waals surface area (Å²) in [5.41, 5.74) is 11.3. The Morgan fingerprint density at radius 3 is 1.27 bits per heavy atom. The zero-order chi connectivity index (χ0) is 72.5. The van der Waals surface area contributed by atoms with Gasteiger partial charge < -0.3 is 45.6 Å². The van der Waals surface area contributed by atoms with Crippen molar-refractivity contribution in [1.29, 1.82) is 0 Å². The molecule has 5 aromatic rings. The minimum Gasteiger partial charge on any atom is -0.664 e. The first-order valence-electron chi connectivity index (χ1n) is 31.1. The van der Waals surface area contributed by atoms with E-state index in [9.17, 15) is 57.5 Å². The number of imidazole rings is 1. The van der Waals surface area contributed by atoms with Crippen molar-refractivity contribution in [1.82, 2.24) is 60.1 Å². The molecule has 0 radical (unpaired) electrons. The number of carboxylic acids is 1. The standard InChI is InChI=1S/C16H21N3O4.C13H19N3O3.C11H13N3O2.C10H17NO4.2C6H6N2O.C4H8O2.ClH.Na/c1-16(2,3)23-15(22)19-9-5-7-12(19)14(21)18-13(20)11-6-4-8-17-10-11;1-13(2,3)19-12(18)16-7-4-5-10(16)11(17)15-8-6-14-9-15;15-10(8-3-1-5-12-7-8)14-11(16)9-4-2-6-13-9;1-10(2,3)15-9(14)11-6-4-5-7(11)8(12)13;2*7-6(9)5-2-1-3-8-4-5;1-3-6-4(2)5;;/h4,6,8,10,12H,5,7,9H2,1-3H3,(H,18,20,21);6,8-10H,4-5,7H2,1-3H3;1,3,5,7,9,13H,2,4,6H2,(H,14,15,16);7H,4-6H2,1-3H3,(H,12,13);2*1-4H,(H2,7,9);3H2,1-2H3;1H;/q;;;;;;;;+1/p-1. The van der Waals surface area contributed by atoms with E-state index in [1.54, 1.807) is 134 Å². The number of rotatable bonds is 9. The van der Waals surface area contributed by atoms with Gasteiger partial charge in [-0.05, 0) is 176 Å². The largest absolute Gasteiger partial charge is 1.00 e. The van der Waals surface area contributed by atoms with Gasteiger partial charge in [-0.1, -0.05) is 0 Å². The molecule has 4 saturated heterocycles. The summed E-state index contributed by atoms with van der Waals surface area (Å²) in [6.07, 6.45) is 20.6. The summed E-state index contributed by atoms with van der Waals surface area (Å²) in [6, 6.07) is 10.8. The van der Waals surface area contributed by atoms with Crippen LogP contribution in [0.25, 0.3) is 5.73 Å². The first kappa shape index (κ1) is 87.7. The Morgan fingerprint density at radius 1 is 0.566 bits per heavy atom. The molecule has 9 rings (SSSR count). The predicted octanol–water partition coefficient (Wildman–Crippen LogP) is 4.67. The number of nitrogens with two attached hydrogens (primary N) is 1. The molecule has 0 saturated carbocycles. The molecule has 4 atom stereocenters. The minimum absolute atomic E-state index is 0. The Labute approximate surface area is 603 Å². The number of likely N-dealkylation sites (tertiary alicyclic amines) is 3. The average molecular weight is 1410 g/mol. The fraction of sp³-hybridized carbons (Fsp3) is 0.470. The number of aliphatic carboxylic acids is 1. The van der Waals surface area contributed by atoms with Gasteiger partial charge in [0.25, 0.3) is 17.7 Å². The molecule has 9 amide bonds. The Kier molecular flexibility index (Phi) is 38.9. The van der Waals surface area contributed by atoms with E-state index in [2.05, 4.69) is 45.6 Å². The Balaban J connectivity index is 0.000000595. The maximum Gasteiger partial charge on any atom is 1.00 e. The molecular formula is C66H90ClN14NaO17. The molecule has 33 heteroatoms. The fourth-order valence-electron chi connectivity index (χ4n) is 8.91. The van der Waals surface area contributed by atoms with Gasteiger partial charge in [-0.2, -0.15) is 0 Å². The molecule has 0 aromatic carbocycles. The number of ether oxygens (including phenoxy) is 4. The maximum absolute atomic E-state index is 12.3. The number of aromatic nitrogens is 6. The normalized spacial score (nSPS) is 16.3. The summed E-state index contributed by atoms with van der Waals surface area (Å²) in [7, 11) is 0. The number of carbonyl (C=O) groups is 12. The van der Waals surface area contributed by atoms with E-state index in [0.717, 1.165) is 32.2 Å². The van der Waals surface area contributed by atoms with E-state index >= 15 is 0 Å². The van der Waals surface area contributed by atoms with Crippen molar-refractivity contribution in [2.75, 3.05) is 32.8 Å². The number of nitrogens with one attached hydrogen (secondary N) is 4. The zero-order valence-corrected chi connectivity index (χ0v) is 60.8. The molecule has 4 fully saturated rings. The summed E-state index contributed by atoms with van der Waals surface area (Å²) in [4.78, 5) is 160. The van der Waals surface area contributed by atoms with Gasteiger partial charge in [0, 0.05) is 94.1 Å². The SMILES string of the molecule is CC(C)(C)OC(=O)N1CCCC1C(=O)NC(=O)c1cccnc1.CC(C)(C)OC(=O)N1CCCC1C(=O)O.CC(C)(C)OC(=O)N1CCCC1C(=O)n1ccnc1.CCOC(C)=O.Cl.NC(=O)c1cccnc1.O=C(NC(=O)C1CCCN1)c1cccnc1.[NH-]C(=O)c1cccnc1.[Na+]. The van der Waals surface area contributed by atoms with Gasteiger partial charge in [0.15, 0.2) is 0 Å². The summed E-state index contributed by atoms with van der Waals surface area (Å²) in [5.74, 6) is -4.12. The van der Waals surface area contributed by atoms with Crippen LogP contribution in [0.5, 0.6) is 0 Å². The van der Waals surface area contributed by atoms with Crippen LogP contribution in [-0.4, -0.2) is 195 Å². The first-order chi connectivity index (χ1) is 45.6. The first-order valence-corrected chi connectivity index (χ1v) is 31.1. The van der Waals surface area contributed by atoms with E-state index in [4.69, 9.17) is 30.8 Å². The third-order valence-corrected chi connectivity index (χ3v) is 13.2. The molecule has 0 spiro atoms. The van der Waals surface area contributed by atoms with Gasteiger partial charge in [0.05, 0.1) is 35.2 Å². The second-order valence-corrected chi connectivity index (χ2v) is 24.5. The van der Waals surface area contributed by atoms with Gasteiger partial charge in [-0.15, -0.1) is 12.4 Å². The molecule has 31 nitrogen and oxygen atoms in total. The van der Waals surface area contributed by atoms with Crippen molar-refractivity contribution in [2.45, 2.75) is 168 Å². The number of primary amides is 1. The van der Waals surface area contributed by atoms with Gasteiger partial charge in [-0.25, -0.2) is 24.2 Å². The van der Waals surface area contributed by atoms with E-state index in [-0.39, 0.29) is 65.8 Å². The number of imide groups is 2. The van der Waals surface area contributed by atoms with E-state index < -0.39 is 88.7 Å². The van der Waals surface area contributed by atoms with Crippen molar-refractivity contribution in [3.63, 3.8) is 0 Å². The van der Waals surface area contributed by atoms with Crippen molar-refractivity contribution in [2.24, 2.45) is 5.73 Å². The van der Waals surface area contributed by atoms with Gasteiger partial charge in [0.1, 0.15) is 41.3 Å². The molecule has 4 aliphatic heterocycles. The topological polar surface area (TPSA) is 427 Å². The molecule has 0 aliphatic carbocycles. The molecule has 9 heterocycles. The average Bonchev–Trinajstić information content (AvgIpc) is 1.86. The molecular weight excluding hydrogens is 1320 g/mol. The molecule has 99 heavy (non-hydrogen) atoms. The summed E-state index contributed by atoms with van der Waals surface area (Å²) < 4.78 is 21.6. The van der Waals surface area contributed by atoms with E-state index in [1.807, 2.05) is 20.8 Å². The van der Waals surface area contributed by atoms with Crippen LogP contribution in [0.2, 0.25) is 0 Å². The number of amides is 9. The molecule has 534 valence electrons. The number of esters is 1. The zero-order valence-electron chi connectivity index (χ0n) is 58.0. The second-order valence-electron chi connectivity index (χ2n) is 24.5. The van der Waals surface area contributed by atoms with E-state index in [1.165, 1.54) is 57.3 Å². The van der Waals surface area contributed by atoms with E-state index in [0.29, 0.717) is 74.2 Å². The molecule has 5 aromatic heterocycles. The number of nitrogens with zero attached hydrogens (tertiary/aromatic N) is 9. The summed E-state index contributed by atoms with van der Waals surface area (Å²) in [6.45, 7) is 22.0. The summed E-state index contributed by atoms with van der Waals surface area (Å²) in [5, 5.41) is 16.6. The van der Waals surface area contributed by atoms with Crippen LogP contribution >= 0.6 is 12.4 Å². The Hall–Kier alpha value is -9.30. The van der Waals surface area contributed by atoms with Crippen molar-refractivity contribution in [3.05, 3.63) is 145 Å². The molecule has 4 unspecified atom stereocenters. The number of carboxylic acid groups (broad SMARTS) is 1. The number of halogens is 1. The number of hydrogen-bond acceptors (Lipinski definition) is 22. The van der Waals surface area contributed by atoms with Crippen molar-refractivity contribution < 1.29 is 111 Å². The van der Waals surface area contributed by atoms with Crippen LogP contribution in [0, 0.1) is 0 Å². The van der Waals surface area contributed by atoms with Crippen LogP contribution < -0.4 is 51.2 Å². The van der Waals surface area contributed by atoms with Crippen molar-refractivity contribution in [3.8, 4) is 0 Å². The molecule has 0 bridgehead atoms. The smallest absolute Gasteiger partial charge is 0.664 e. The Bertz CT molecular complexity index is 3330. The van der Waals surface area contributed by atoms with Crippen LogP contribution in [-0.2, 0) is 38.1 Å². The van der Waals surface area contributed by atoms with Crippen LogP contribution in [0.4, 0.5) is 14.4 Å². The fourth-order valence-corrected chi connectivity index (χ4v) is 8.91. The predicted molar refractivity (Wildman–Crippen MR) is 358 cm³/mol. The van der Waals surface area contributed by atoms with Crippen LogP contribution in [0.15, 0.2) is 117 Å². The van der Waals surface area contributed by atoms with Gasteiger partial charge in [-0.3, -0.25) is 83.4 Å². The van der Waals surface area contributed by atoms with Crippen molar-refractivity contribution >= 4 is 84.0 Å². The third-order valence-electron chi connectivity index (χ3n) is 13.2. The second kappa shape index (κ2) is 43.9. The number of pyridine rings is 4. The molecule has 7 N–H and O–H groups in total. The van der Waals surface area contributed by atoms with Gasteiger partial charge in [0.2, 0.25) is 17.7 Å². The molecule has 4 aliphatic rings. The monoisotopic (exact) mass is 1410 g/mol. The number of hydrogen-bond donors (Lipinski definition) is 5. The van der Waals surface area contributed by atoms with Crippen LogP contribution in [0.1, 0.15) is 174 Å². The number of carbonyl (C=O) groups excluding carboxylic acids is 11.